The van der Waals surface area contributed by atoms with Crippen LogP contribution in [-0.4, -0.2) is 6.04 Å². The van der Waals surface area contributed by atoms with Crippen molar-refractivity contribution in [1.82, 2.24) is 0 Å². The average Bonchev–Trinajstić information content (AvgIpc) is 2.22. The molecule has 0 saturated carbocycles. The van der Waals surface area contributed by atoms with E-state index in [1.54, 1.807) is 0 Å². The lowest BCUT2D eigenvalue weighted by Gasteiger charge is -2.22. The number of halogens is 1. The molecule has 15 heavy (non-hydrogen) atoms. The summed E-state index contributed by atoms with van der Waals surface area (Å²) in [5, 5.41) is 3.57. The molecule has 1 aromatic carbocycles. The minimum Gasteiger partial charge on any atom is -0.382 e. The van der Waals surface area contributed by atoms with E-state index in [1.807, 2.05) is 0 Å². The molecule has 1 aromatic rings. The fourth-order valence-corrected chi connectivity index (χ4v) is 1.85. The molecule has 0 fully saturated rings. The molecular formula is C13H20BrN. The Balaban J connectivity index is 2.75. The van der Waals surface area contributed by atoms with Crippen molar-refractivity contribution in [2.24, 2.45) is 5.92 Å². The van der Waals surface area contributed by atoms with Gasteiger partial charge in [0.25, 0.3) is 0 Å². The third-order valence-corrected chi connectivity index (χ3v) is 3.57. The predicted octanol–water partition coefficient (Wildman–Crippen LogP) is 4.60. The summed E-state index contributed by atoms with van der Waals surface area (Å²) in [6.45, 7) is 8.90. The summed E-state index contributed by atoms with van der Waals surface area (Å²) < 4.78 is 1.13. The summed E-state index contributed by atoms with van der Waals surface area (Å²) in [5.74, 6) is 0.698. The molecule has 0 aliphatic carbocycles. The molecule has 1 N–H and O–H groups in total. The van der Waals surface area contributed by atoms with Crippen LogP contribution in [0.1, 0.15) is 32.8 Å². The number of anilines is 1. The first-order valence-electron chi connectivity index (χ1n) is 5.57. The minimum atomic E-state index is 0.517. The van der Waals surface area contributed by atoms with Crippen molar-refractivity contribution < 1.29 is 0 Å². The summed E-state index contributed by atoms with van der Waals surface area (Å²) in [4.78, 5) is 0. The second-order valence-electron chi connectivity index (χ2n) is 4.28. The monoisotopic (exact) mass is 269 g/mol. The molecule has 0 spiro atoms. The maximum atomic E-state index is 3.57. The Bertz CT molecular complexity index is 322. The summed E-state index contributed by atoms with van der Waals surface area (Å²) in [6, 6.07) is 6.88. The number of nitrogens with one attached hydrogen (secondary N) is 1. The summed E-state index contributed by atoms with van der Waals surface area (Å²) in [7, 11) is 0. The van der Waals surface area contributed by atoms with Crippen LogP contribution in [0, 0.1) is 12.8 Å². The smallest absolute Gasteiger partial charge is 0.0383 e. The molecule has 0 aromatic heterocycles. The van der Waals surface area contributed by atoms with Crippen molar-refractivity contribution in [3.05, 3.63) is 28.2 Å². The summed E-state index contributed by atoms with van der Waals surface area (Å²) in [6.07, 6.45) is 1.21. The van der Waals surface area contributed by atoms with Gasteiger partial charge in [-0.1, -0.05) is 42.3 Å². The van der Waals surface area contributed by atoms with E-state index in [-0.39, 0.29) is 0 Å². The van der Waals surface area contributed by atoms with Gasteiger partial charge in [-0.15, -0.1) is 0 Å². The molecule has 0 saturated heterocycles. The zero-order valence-electron chi connectivity index (χ0n) is 9.97. The van der Waals surface area contributed by atoms with E-state index in [4.69, 9.17) is 0 Å². The van der Waals surface area contributed by atoms with Gasteiger partial charge in [-0.3, -0.25) is 0 Å². The third-order valence-electron chi connectivity index (χ3n) is 3.08. The van der Waals surface area contributed by atoms with E-state index < -0.39 is 0 Å². The van der Waals surface area contributed by atoms with Gasteiger partial charge in [0.15, 0.2) is 0 Å². The van der Waals surface area contributed by atoms with Crippen LogP contribution in [0.5, 0.6) is 0 Å². The molecule has 0 bridgehead atoms. The van der Waals surface area contributed by atoms with Gasteiger partial charge in [-0.25, -0.2) is 0 Å². The van der Waals surface area contributed by atoms with Gasteiger partial charge in [-0.05, 0) is 37.5 Å². The molecule has 1 nitrogen and oxygen atoms in total. The van der Waals surface area contributed by atoms with E-state index in [9.17, 15) is 0 Å². The van der Waals surface area contributed by atoms with Gasteiger partial charge in [0.2, 0.25) is 0 Å². The van der Waals surface area contributed by atoms with Crippen LogP contribution >= 0.6 is 15.9 Å². The molecule has 0 radical (unpaired) electrons. The Morgan fingerprint density at radius 3 is 2.60 bits per heavy atom. The van der Waals surface area contributed by atoms with Crippen molar-refractivity contribution in [1.29, 1.82) is 0 Å². The quantitative estimate of drug-likeness (QED) is 0.842. The Morgan fingerprint density at radius 1 is 1.33 bits per heavy atom. The number of hydrogen-bond donors (Lipinski definition) is 1. The SMILES string of the molecule is CCC(C)C(C)Nc1cc(Br)ccc1C. The Kier molecular flexibility index (Phi) is 4.65. The highest BCUT2D eigenvalue weighted by Crippen LogP contribution is 2.23. The molecule has 0 aliphatic heterocycles. The van der Waals surface area contributed by atoms with E-state index in [0.29, 0.717) is 12.0 Å². The van der Waals surface area contributed by atoms with E-state index in [1.165, 1.54) is 17.7 Å². The van der Waals surface area contributed by atoms with Crippen LogP contribution in [0.25, 0.3) is 0 Å². The molecule has 2 atom stereocenters. The highest BCUT2D eigenvalue weighted by molar-refractivity contribution is 9.10. The number of hydrogen-bond acceptors (Lipinski definition) is 1. The number of benzene rings is 1. The summed E-state index contributed by atoms with van der Waals surface area (Å²) >= 11 is 3.50. The van der Waals surface area contributed by atoms with Crippen molar-refractivity contribution in [3.63, 3.8) is 0 Å². The van der Waals surface area contributed by atoms with Gasteiger partial charge >= 0.3 is 0 Å². The second-order valence-corrected chi connectivity index (χ2v) is 5.19. The minimum absolute atomic E-state index is 0.517. The third kappa shape index (κ3) is 3.53. The Hall–Kier alpha value is -0.500. The zero-order valence-corrected chi connectivity index (χ0v) is 11.6. The van der Waals surface area contributed by atoms with Gasteiger partial charge < -0.3 is 5.32 Å². The lowest BCUT2D eigenvalue weighted by molar-refractivity contribution is 0.494. The molecule has 84 valence electrons. The molecule has 0 heterocycles. The van der Waals surface area contributed by atoms with E-state index in [0.717, 1.165) is 4.47 Å². The lowest BCUT2D eigenvalue weighted by Crippen LogP contribution is -2.23. The van der Waals surface area contributed by atoms with Crippen LogP contribution < -0.4 is 5.32 Å². The van der Waals surface area contributed by atoms with Crippen LogP contribution in [0.2, 0.25) is 0 Å². The molecule has 2 unspecified atom stereocenters. The Labute approximate surface area is 101 Å². The van der Waals surface area contributed by atoms with Crippen molar-refractivity contribution in [2.45, 2.75) is 40.2 Å². The molecule has 1 rings (SSSR count). The average molecular weight is 270 g/mol. The summed E-state index contributed by atoms with van der Waals surface area (Å²) in [5.41, 5.74) is 2.53. The number of rotatable bonds is 4. The normalized spacial score (nSPS) is 14.7. The zero-order chi connectivity index (χ0) is 11.4. The number of aryl methyl sites for hydroxylation is 1. The molecule has 0 amide bonds. The standard InChI is InChI=1S/C13H20BrN/c1-5-9(2)11(4)15-13-8-12(14)7-6-10(13)3/h6-9,11,15H,5H2,1-4H3. The van der Waals surface area contributed by atoms with Crippen molar-refractivity contribution in [3.8, 4) is 0 Å². The van der Waals surface area contributed by atoms with Crippen LogP contribution in [0.15, 0.2) is 22.7 Å². The van der Waals surface area contributed by atoms with Crippen LogP contribution in [-0.2, 0) is 0 Å². The first-order chi connectivity index (χ1) is 7.04. The van der Waals surface area contributed by atoms with Crippen molar-refractivity contribution in [2.75, 3.05) is 5.32 Å². The van der Waals surface area contributed by atoms with Gasteiger partial charge in [0.05, 0.1) is 0 Å². The van der Waals surface area contributed by atoms with Crippen LogP contribution in [0.4, 0.5) is 5.69 Å². The largest absolute Gasteiger partial charge is 0.382 e. The maximum absolute atomic E-state index is 3.57. The van der Waals surface area contributed by atoms with Gasteiger partial charge in [0.1, 0.15) is 0 Å². The Morgan fingerprint density at radius 2 is 2.00 bits per heavy atom. The molecular weight excluding hydrogens is 250 g/mol. The van der Waals surface area contributed by atoms with Crippen LogP contribution in [0.3, 0.4) is 0 Å². The first-order valence-corrected chi connectivity index (χ1v) is 6.36. The molecule has 0 aliphatic rings. The first kappa shape index (κ1) is 12.6. The lowest BCUT2D eigenvalue weighted by atomic mass is 10.0. The predicted molar refractivity (Wildman–Crippen MR) is 71.4 cm³/mol. The fourth-order valence-electron chi connectivity index (χ4n) is 1.49. The highest BCUT2D eigenvalue weighted by Gasteiger charge is 2.10. The molecule has 2 heteroatoms. The fraction of sp³-hybridized carbons (Fsp3) is 0.538. The van der Waals surface area contributed by atoms with E-state index in [2.05, 4.69) is 67.1 Å². The topological polar surface area (TPSA) is 12.0 Å². The van der Waals surface area contributed by atoms with Gasteiger partial charge in [0, 0.05) is 16.2 Å². The maximum Gasteiger partial charge on any atom is 0.0383 e. The van der Waals surface area contributed by atoms with Gasteiger partial charge in [-0.2, -0.15) is 0 Å². The van der Waals surface area contributed by atoms with E-state index >= 15 is 0 Å². The second kappa shape index (κ2) is 5.55. The highest BCUT2D eigenvalue weighted by atomic mass is 79.9. The van der Waals surface area contributed by atoms with Crippen molar-refractivity contribution >= 4 is 21.6 Å².